The number of carbonyl (C=O) groups is 1. The predicted molar refractivity (Wildman–Crippen MR) is 176 cm³/mol. The van der Waals surface area contributed by atoms with Gasteiger partial charge in [0.15, 0.2) is 23.3 Å². The number of hydrogen-bond donors (Lipinski definition) is 2. The van der Waals surface area contributed by atoms with Crippen LogP contribution in [0.5, 0.6) is 5.75 Å². The van der Waals surface area contributed by atoms with Crippen molar-refractivity contribution in [1.82, 2.24) is 14.9 Å². The molecule has 4 heterocycles. The van der Waals surface area contributed by atoms with Crippen molar-refractivity contribution < 1.29 is 32.3 Å². The molecule has 2 N–H and O–H groups in total. The largest absolute Gasteiger partial charge is 0.494 e. The first-order chi connectivity index (χ1) is 23.1. The lowest BCUT2D eigenvalue weighted by Crippen LogP contribution is -2.53. The van der Waals surface area contributed by atoms with Crippen molar-refractivity contribution in [1.29, 1.82) is 0 Å². The Hall–Kier alpha value is -4.40. The van der Waals surface area contributed by atoms with Crippen molar-refractivity contribution in [3.8, 4) is 5.75 Å². The molecule has 0 radical (unpaired) electrons. The highest BCUT2D eigenvalue weighted by Gasteiger charge is 2.34. The van der Waals surface area contributed by atoms with E-state index in [1.807, 2.05) is 6.07 Å². The highest BCUT2D eigenvalue weighted by atomic mass is 19.2. The number of aromatic nitrogens is 2. The molecule has 3 aliphatic heterocycles. The Kier molecular flexibility index (Phi) is 10.0. The van der Waals surface area contributed by atoms with Crippen LogP contribution in [0.4, 0.5) is 41.9 Å². The zero-order valence-electron chi connectivity index (χ0n) is 27.2. The zero-order valence-corrected chi connectivity index (χ0v) is 27.2. The third-order valence-corrected chi connectivity index (χ3v) is 9.00. The number of nitrogens with one attached hydrogen (secondary N) is 2. The van der Waals surface area contributed by atoms with E-state index in [1.165, 1.54) is 23.5 Å². The van der Waals surface area contributed by atoms with Gasteiger partial charge in [-0.1, -0.05) is 12.6 Å². The Morgan fingerprint density at radius 3 is 2.48 bits per heavy atom. The summed E-state index contributed by atoms with van der Waals surface area (Å²) in [6.07, 6.45) is 5.19. The zero-order chi connectivity index (χ0) is 33.9. The van der Waals surface area contributed by atoms with Crippen LogP contribution in [-0.2, 0) is 14.4 Å². The average molecular weight is 668 g/mol. The first kappa shape index (κ1) is 33.5. The van der Waals surface area contributed by atoms with E-state index >= 15 is 0 Å². The maximum Gasteiger partial charge on any atom is 0.247 e. The summed E-state index contributed by atoms with van der Waals surface area (Å²) < 4.78 is 54.1. The minimum atomic E-state index is -1.54. The Labute approximate surface area is 277 Å². The number of hydroxylamine groups is 1. The molecule has 1 amide bonds. The molecule has 0 saturated carbocycles. The Morgan fingerprint density at radius 1 is 1.02 bits per heavy atom. The summed E-state index contributed by atoms with van der Waals surface area (Å²) in [6, 6.07) is 7.06. The molecule has 0 aliphatic carbocycles. The number of ether oxygens (including phenoxy) is 2. The van der Waals surface area contributed by atoms with Gasteiger partial charge in [-0.15, -0.1) is 0 Å². The van der Waals surface area contributed by atoms with Gasteiger partial charge in [0.05, 0.1) is 49.0 Å². The summed E-state index contributed by atoms with van der Waals surface area (Å²) in [5.41, 5.74) is 1.86. The van der Waals surface area contributed by atoms with Crippen LogP contribution in [0.2, 0.25) is 0 Å². The lowest BCUT2D eigenvalue weighted by molar-refractivity contribution is -0.111. The molecule has 2 aromatic carbocycles. The molecule has 48 heavy (non-hydrogen) atoms. The molecule has 256 valence electrons. The van der Waals surface area contributed by atoms with Crippen molar-refractivity contribution >= 4 is 34.6 Å². The van der Waals surface area contributed by atoms with Crippen LogP contribution < -0.4 is 25.3 Å². The number of rotatable bonds is 9. The molecule has 3 fully saturated rings. The van der Waals surface area contributed by atoms with Gasteiger partial charge in [-0.3, -0.25) is 14.5 Å². The normalized spacial score (nSPS) is 22.1. The maximum atomic E-state index is 14.7. The molecule has 3 atom stereocenters. The molecule has 1 unspecified atom stereocenters. The van der Waals surface area contributed by atoms with Crippen LogP contribution in [0.1, 0.15) is 44.7 Å². The maximum absolute atomic E-state index is 14.7. The highest BCUT2D eigenvalue weighted by Crippen LogP contribution is 2.41. The van der Waals surface area contributed by atoms with Crippen LogP contribution in [0.25, 0.3) is 0 Å². The predicted octanol–water partition coefficient (Wildman–Crippen LogP) is 5.73. The van der Waals surface area contributed by atoms with E-state index in [2.05, 4.69) is 50.8 Å². The second-order valence-corrected chi connectivity index (χ2v) is 12.3. The summed E-state index contributed by atoms with van der Waals surface area (Å²) in [5, 5.41) is 7.54. The average Bonchev–Trinajstić information content (AvgIpc) is 3.57. The summed E-state index contributed by atoms with van der Waals surface area (Å²) in [4.78, 5) is 31.7. The molecular formula is C34H40F3N7O4. The number of amides is 1. The van der Waals surface area contributed by atoms with Crippen LogP contribution >= 0.6 is 0 Å². The van der Waals surface area contributed by atoms with Crippen LogP contribution in [-0.4, -0.2) is 78.9 Å². The van der Waals surface area contributed by atoms with Crippen molar-refractivity contribution in [3.63, 3.8) is 0 Å². The van der Waals surface area contributed by atoms with E-state index in [1.54, 1.807) is 19.2 Å². The fourth-order valence-corrected chi connectivity index (χ4v) is 6.82. The molecule has 1 aromatic heterocycles. The first-order valence-electron chi connectivity index (χ1n) is 16.1. The monoisotopic (exact) mass is 667 g/mol. The minimum absolute atomic E-state index is 0.0440. The number of hydrogen-bond acceptors (Lipinski definition) is 10. The van der Waals surface area contributed by atoms with E-state index in [-0.39, 0.29) is 36.1 Å². The van der Waals surface area contributed by atoms with E-state index in [9.17, 15) is 18.0 Å². The van der Waals surface area contributed by atoms with E-state index in [0.29, 0.717) is 35.4 Å². The first-order valence-corrected chi connectivity index (χ1v) is 16.1. The number of morpholine rings is 1. The lowest BCUT2D eigenvalue weighted by Gasteiger charge is -2.44. The summed E-state index contributed by atoms with van der Waals surface area (Å²) in [7, 11) is 1.56. The van der Waals surface area contributed by atoms with Gasteiger partial charge in [-0.25, -0.2) is 28.2 Å². The van der Waals surface area contributed by atoms with Crippen molar-refractivity contribution in [2.75, 3.05) is 60.5 Å². The smallest absolute Gasteiger partial charge is 0.247 e. The van der Waals surface area contributed by atoms with Gasteiger partial charge in [0, 0.05) is 56.3 Å². The summed E-state index contributed by atoms with van der Waals surface area (Å²) in [5.74, 6) is -3.28. The number of nitrogens with zero attached hydrogens (tertiary/aromatic N) is 5. The fourth-order valence-electron chi connectivity index (χ4n) is 6.82. The fraction of sp³-hybridized carbons (Fsp3) is 0.441. The molecule has 6 rings (SSSR count). The van der Waals surface area contributed by atoms with Crippen LogP contribution in [0, 0.1) is 17.5 Å². The molecule has 3 aromatic rings. The SMILES string of the molecule is C=CC(=O)Nc1cc(Nc2cc(N3OCCC3c3ccc(F)c(F)c3F)ncn2)c(OC)cc1N1CCC(N2C[C@@H](C)O[C@@H](C)C2)CC1. The molecular weight excluding hydrogens is 627 g/mol. The van der Waals surface area contributed by atoms with Crippen molar-refractivity contribution in [3.05, 3.63) is 72.3 Å². The van der Waals surface area contributed by atoms with Gasteiger partial charge in [-0.2, -0.15) is 0 Å². The molecule has 0 bridgehead atoms. The van der Waals surface area contributed by atoms with Gasteiger partial charge in [0.2, 0.25) is 5.91 Å². The Morgan fingerprint density at radius 2 is 1.77 bits per heavy atom. The second-order valence-electron chi connectivity index (χ2n) is 12.3. The molecule has 3 aliphatic rings. The third-order valence-electron chi connectivity index (χ3n) is 9.00. The topological polar surface area (TPSA) is 104 Å². The third kappa shape index (κ3) is 7.05. The quantitative estimate of drug-likeness (QED) is 0.217. The number of benzene rings is 2. The van der Waals surface area contributed by atoms with Crippen LogP contribution in [0.3, 0.4) is 0 Å². The standard InChI is InChI=1S/C34H40F3N7O4/c1-5-32(45)41-25-14-26(29(46-4)15-28(25)42-11-8-22(9-12-42)43-17-20(2)48-21(3)18-43)40-30-16-31(39-19-38-30)44-27(10-13-47-44)23-6-7-24(35)34(37)33(23)36/h5-7,14-16,19-22,27H,1,8-13,17-18H2,2-4H3,(H,41,45)(H,38,39,40)/t20-,21+,27?. The van der Waals surface area contributed by atoms with E-state index in [4.69, 9.17) is 14.3 Å². The second kappa shape index (κ2) is 14.4. The number of carbonyl (C=O) groups excluding carboxylic acids is 1. The number of piperidine rings is 1. The van der Waals surface area contributed by atoms with Crippen molar-refractivity contribution in [2.24, 2.45) is 0 Å². The number of anilines is 5. The summed E-state index contributed by atoms with van der Waals surface area (Å²) in [6.45, 7) is 11.5. The number of halogens is 3. The van der Waals surface area contributed by atoms with Crippen molar-refractivity contribution in [2.45, 2.75) is 57.4 Å². The number of methoxy groups -OCH3 is 1. The highest BCUT2D eigenvalue weighted by molar-refractivity contribution is 6.02. The molecule has 0 spiro atoms. The lowest BCUT2D eigenvalue weighted by atomic mass is 10.00. The Balaban J connectivity index is 1.23. The molecule has 3 saturated heterocycles. The van der Waals surface area contributed by atoms with Gasteiger partial charge in [0.1, 0.15) is 17.9 Å². The van der Waals surface area contributed by atoms with Gasteiger partial charge >= 0.3 is 0 Å². The van der Waals surface area contributed by atoms with E-state index < -0.39 is 23.5 Å². The van der Waals surface area contributed by atoms with Gasteiger partial charge in [0.25, 0.3) is 0 Å². The summed E-state index contributed by atoms with van der Waals surface area (Å²) >= 11 is 0. The van der Waals surface area contributed by atoms with Gasteiger partial charge in [-0.05, 0) is 44.9 Å². The van der Waals surface area contributed by atoms with Gasteiger partial charge < -0.3 is 25.0 Å². The minimum Gasteiger partial charge on any atom is -0.494 e. The molecule has 11 nitrogen and oxygen atoms in total. The van der Waals surface area contributed by atoms with Crippen LogP contribution in [0.15, 0.2) is 49.3 Å². The molecule has 14 heteroatoms. The van der Waals surface area contributed by atoms with E-state index in [0.717, 1.165) is 50.8 Å². The Bertz CT molecular complexity index is 1650.